The van der Waals surface area contributed by atoms with Gasteiger partial charge in [0.15, 0.2) is 0 Å². The van der Waals surface area contributed by atoms with E-state index in [1.807, 2.05) is 60.7 Å². The lowest BCUT2D eigenvalue weighted by molar-refractivity contribution is 0.102. The molecule has 0 bridgehead atoms. The molecule has 0 aliphatic heterocycles. The second kappa shape index (κ2) is 8.77. The molecule has 32 heavy (non-hydrogen) atoms. The van der Waals surface area contributed by atoms with Crippen LogP contribution in [0.25, 0.3) is 33.3 Å². The summed E-state index contributed by atoms with van der Waals surface area (Å²) in [6.45, 7) is 0. The average Bonchev–Trinajstić information content (AvgIpc) is 2.84. The highest BCUT2D eigenvalue weighted by atomic mass is 79.9. The minimum atomic E-state index is -0.143. The molecule has 0 saturated heterocycles. The van der Waals surface area contributed by atoms with Crippen molar-refractivity contribution in [2.75, 3.05) is 5.32 Å². The van der Waals surface area contributed by atoms with Gasteiger partial charge >= 0.3 is 0 Å². The van der Waals surface area contributed by atoms with E-state index in [0.717, 1.165) is 43.4 Å². The van der Waals surface area contributed by atoms with Crippen LogP contribution in [0.1, 0.15) is 10.4 Å². The molecule has 4 heteroatoms. The maximum absolute atomic E-state index is 12.8. The molecular formula is C28H19BrN2O. The van der Waals surface area contributed by atoms with E-state index in [9.17, 15) is 4.79 Å². The molecule has 0 fully saturated rings. The summed E-state index contributed by atoms with van der Waals surface area (Å²) in [4.78, 5) is 17.7. The first-order valence-corrected chi connectivity index (χ1v) is 11.1. The fraction of sp³-hybridized carbons (Fsp3) is 0. The molecular weight excluding hydrogens is 460 g/mol. The molecule has 1 N–H and O–H groups in total. The van der Waals surface area contributed by atoms with Crippen LogP contribution in [0.5, 0.6) is 0 Å². The van der Waals surface area contributed by atoms with Crippen LogP contribution in [0.3, 0.4) is 0 Å². The Morgan fingerprint density at radius 1 is 0.719 bits per heavy atom. The predicted molar refractivity (Wildman–Crippen MR) is 135 cm³/mol. The summed E-state index contributed by atoms with van der Waals surface area (Å²) in [5, 5.41) is 4.13. The van der Waals surface area contributed by atoms with Crippen LogP contribution in [0, 0.1) is 0 Å². The number of hydrogen-bond donors (Lipinski definition) is 1. The number of anilines is 1. The summed E-state index contributed by atoms with van der Waals surface area (Å²) >= 11 is 3.41. The zero-order valence-corrected chi connectivity index (χ0v) is 18.7. The van der Waals surface area contributed by atoms with Gasteiger partial charge in [-0.3, -0.25) is 4.79 Å². The van der Waals surface area contributed by atoms with Gasteiger partial charge in [-0.25, -0.2) is 4.98 Å². The Morgan fingerprint density at radius 3 is 2.25 bits per heavy atom. The van der Waals surface area contributed by atoms with Crippen LogP contribution in [0.4, 0.5) is 5.69 Å². The smallest absolute Gasteiger partial charge is 0.255 e. The van der Waals surface area contributed by atoms with Gasteiger partial charge in [0, 0.05) is 32.2 Å². The fourth-order valence-electron chi connectivity index (χ4n) is 3.69. The summed E-state index contributed by atoms with van der Waals surface area (Å²) in [6, 6.07) is 35.7. The van der Waals surface area contributed by atoms with Gasteiger partial charge in [0.1, 0.15) is 0 Å². The van der Waals surface area contributed by atoms with Crippen LogP contribution < -0.4 is 5.32 Å². The first-order chi connectivity index (χ1) is 15.7. The molecule has 0 unspecified atom stereocenters. The Morgan fingerprint density at radius 2 is 1.44 bits per heavy atom. The Kier molecular flexibility index (Phi) is 5.53. The number of para-hydroxylation sites is 1. The van der Waals surface area contributed by atoms with E-state index in [4.69, 9.17) is 4.98 Å². The Balaban J connectivity index is 1.51. The topological polar surface area (TPSA) is 42.0 Å². The van der Waals surface area contributed by atoms with Crippen molar-refractivity contribution in [1.82, 2.24) is 4.98 Å². The van der Waals surface area contributed by atoms with E-state index >= 15 is 0 Å². The summed E-state index contributed by atoms with van der Waals surface area (Å²) in [5.41, 5.74) is 6.26. The largest absolute Gasteiger partial charge is 0.321 e. The van der Waals surface area contributed by atoms with Gasteiger partial charge < -0.3 is 5.32 Å². The molecule has 0 spiro atoms. The number of hydrogen-bond acceptors (Lipinski definition) is 2. The molecule has 0 aliphatic rings. The molecule has 0 saturated carbocycles. The molecule has 154 valence electrons. The van der Waals surface area contributed by atoms with Crippen molar-refractivity contribution in [3.05, 3.63) is 119 Å². The zero-order valence-electron chi connectivity index (χ0n) is 17.1. The molecule has 4 aromatic carbocycles. The molecule has 5 aromatic rings. The standard InChI is InChI=1S/C28H19BrN2O/c29-23-15-12-21(13-16-23)28(32)31-26-9-5-4-8-24(26)22-11-10-20-14-17-25(30-27(20)18-22)19-6-2-1-3-7-19/h1-18H,(H,31,32). The molecule has 0 radical (unpaired) electrons. The number of halogens is 1. The van der Waals surface area contributed by atoms with Crippen molar-refractivity contribution in [3.63, 3.8) is 0 Å². The summed E-state index contributed by atoms with van der Waals surface area (Å²) in [5.74, 6) is -0.143. The maximum Gasteiger partial charge on any atom is 0.255 e. The van der Waals surface area contributed by atoms with Gasteiger partial charge in [0.05, 0.1) is 11.2 Å². The average molecular weight is 479 g/mol. The van der Waals surface area contributed by atoms with Gasteiger partial charge in [-0.15, -0.1) is 0 Å². The number of carbonyl (C=O) groups is 1. The zero-order chi connectivity index (χ0) is 21.9. The second-order valence-electron chi connectivity index (χ2n) is 7.48. The molecule has 1 amide bonds. The molecule has 0 atom stereocenters. The van der Waals surface area contributed by atoms with Crippen molar-refractivity contribution >= 4 is 38.4 Å². The van der Waals surface area contributed by atoms with Gasteiger partial charge in [0.2, 0.25) is 0 Å². The van der Waals surface area contributed by atoms with Crippen molar-refractivity contribution in [3.8, 4) is 22.4 Å². The van der Waals surface area contributed by atoms with Crippen molar-refractivity contribution < 1.29 is 4.79 Å². The highest BCUT2D eigenvalue weighted by Gasteiger charge is 2.11. The highest BCUT2D eigenvalue weighted by molar-refractivity contribution is 9.10. The van der Waals surface area contributed by atoms with Gasteiger partial charge in [0.25, 0.3) is 5.91 Å². The number of amides is 1. The van der Waals surface area contributed by atoms with E-state index in [0.29, 0.717) is 5.56 Å². The lowest BCUT2D eigenvalue weighted by atomic mass is 10.0. The van der Waals surface area contributed by atoms with Crippen LogP contribution in [0.15, 0.2) is 114 Å². The monoisotopic (exact) mass is 478 g/mol. The third kappa shape index (κ3) is 4.18. The number of nitrogens with one attached hydrogen (secondary N) is 1. The number of fused-ring (bicyclic) bond motifs is 1. The Hall–Kier alpha value is -3.76. The van der Waals surface area contributed by atoms with Gasteiger partial charge in [-0.2, -0.15) is 0 Å². The van der Waals surface area contributed by atoms with E-state index in [-0.39, 0.29) is 5.91 Å². The second-order valence-corrected chi connectivity index (χ2v) is 8.39. The number of benzene rings is 4. The lowest BCUT2D eigenvalue weighted by Crippen LogP contribution is -2.12. The van der Waals surface area contributed by atoms with E-state index in [1.54, 1.807) is 12.1 Å². The third-order valence-corrected chi connectivity index (χ3v) is 5.88. The highest BCUT2D eigenvalue weighted by Crippen LogP contribution is 2.31. The number of nitrogens with zero attached hydrogens (tertiary/aromatic N) is 1. The number of aromatic nitrogens is 1. The minimum Gasteiger partial charge on any atom is -0.321 e. The van der Waals surface area contributed by atoms with E-state index < -0.39 is 0 Å². The van der Waals surface area contributed by atoms with E-state index in [2.05, 4.69) is 57.6 Å². The van der Waals surface area contributed by atoms with Crippen LogP contribution in [-0.2, 0) is 0 Å². The molecule has 5 rings (SSSR count). The lowest BCUT2D eigenvalue weighted by Gasteiger charge is -2.12. The van der Waals surface area contributed by atoms with Crippen LogP contribution in [-0.4, -0.2) is 10.9 Å². The van der Waals surface area contributed by atoms with Crippen molar-refractivity contribution in [1.29, 1.82) is 0 Å². The first-order valence-electron chi connectivity index (χ1n) is 10.3. The first kappa shape index (κ1) is 20.2. The van der Waals surface area contributed by atoms with Gasteiger partial charge in [-0.05, 0) is 48.0 Å². The van der Waals surface area contributed by atoms with E-state index in [1.165, 1.54) is 0 Å². The predicted octanol–water partition coefficient (Wildman–Crippen LogP) is 7.58. The molecule has 1 aromatic heterocycles. The van der Waals surface area contributed by atoms with Crippen LogP contribution >= 0.6 is 15.9 Å². The quantitative estimate of drug-likeness (QED) is 0.289. The number of rotatable bonds is 4. The Labute approximate surface area is 194 Å². The van der Waals surface area contributed by atoms with Gasteiger partial charge in [-0.1, -0.05) is 82.7 Å². The van der Waals surface area contributed by atoms with Crippen molar-refractivity contribution in [2.45, 2.75) is 0 Å². The third-order valence-electron chi connectivity index (χ3n) is 5.35. The summed E-state index contributed by atoms with van der Waals surface area (Å²) in [6.07, 6.45) is 0. The maximum atomic E-state index is 12.8. The van der Waals surface area contributed by atoms with Crippen LogP contribution in [0.2, 0.25) is 0 Å². The fourth-order valence-corrected chi connectivity index (χ4v) is 3.96. The van der Waals surface area contributed by atoms with Crippen molar-refractivity contribution in [2.24, 2.45) is 0 Å². The number of pyridine rings is 1. The normalized spacial score (nSPS) is 10.8. The minimum absolute atomic E-state index is 0.143. The number of carbonyl (C=O) groups excluding carboxylic acids is 1. The molecule has 0 aliphatic carbocycles. The Bertz CT molecular complexity index is 1410. The molecule has 3 nitrogen and oxygen atoms in total. The summed E-state index contributed by atoms with van der Waals surface area (Å²) < 4.78 is 0.938. The molecule has 1 heterocycles. The SMILES string of the molecule is O=C(Nc1ccccc1-c1ccc2ccc(-c3ccccc3)nc2c1)c1ccc(Br)cc1. The summed E-state index contributed by atoms with van der Waals surface area (Å²) in [7, 11) is 0.